The smallest absolute Gasteiger partial charge is 0.307 e. The van der Waals surface area contributed by atoms with Gasteiger partial charge in [0.1, 0.15) is 0 Å². The molecule has 0 aliphatic carbocycles. The van der Waals surface area contributed by atoms with Gasteiger partial charge < -0.3 is 5.32 Å². The number of amides is 3. The SMILES string of the molecule is O=C1CCN1C(=O)Nc1ccccc1. The molecule has 0 bridgehead atoms. The van der Waals surface area contributed by atoms with Crippen LogP contribution in [0, 0.1) is 0 Å². The molecule has 2 rings (SSSR count). The Bertz CT molecular complexity index is 362. The van der Waals surface area contributed by atoms with Crippen molar-refractivity contribution >= 4 is 17.6 Å². The molecule has 1 aliphatic rings. The monoisotopic (exact) mass is 190 g/mol. The van der Waals surface area contributed by atoms with Crippen LogP contribution in [0.1, 0.15) is 6.42 Å². The fraction of sp³-hybridized carbons (Fsp3) is 0.200. The lowest BCUT2D eigenvalue weighted by atomic mass is 10.2. The van der Waals surface area contributed by atoms with Crippen molar-refractivity contribution in [2.75, 3.05) is 11.9 Å². The Morgan fingerprint density at radius 3 is 2.50 bits per heavy atom. The van der Waals surface area contributed by atoms with Crippen LogP contribution in [-0.2, 0) is 4.79 Å². The first-order chi connectivity index (χ1) is 6.77. The molecular weight excluding hydrogens is 180 g/mol. The van der Waals surface area contributed by atoms with Crippen LogP contribution < -0.4 is 5.32 Å². The van der Waals surface area contributed by atoms with Crippen LogP contribution in [0.3, 0.4) is 0 Å². The van der Waals surface area contributed by atoms with E-state index in [1.165, 1.54) is 4.90 Å². The summed E-state index contributed by atoms with van der Waals surface area (Å²) in [5.41, 5.74) is 0.706. The summed E-state index contributed by atoms with van der Waals surface area (Å²) in [7, 11) is 0. The summed E-state index contributed by atoms with van der Waals surface area (Å²) in [6.07, 6.45) is 0.474. The molecule has 1 heterocycles. The van der Waals surface area contributed by atoms with Gasteiger partial charge in [0, 0.05) is 18.7 Å². The zero-order valence-corrected chi connectivity index (χ0v) is 7.56. The Morgan fingerprint density at radius 2 is 2.00 bits per heavy atom. The number of imide groups is 1. The number of nitrogens with zero attached hydrogens (tertiary/aromatic N) is 1. The van der Waals surface area contributed by atoms with Crippen LogP contribution in [0.5, 0.6) is 0 Å². The highest BCUT2D eigenvalue weighted by Gasteiger charge is 2.29. The van der Waals surface area contributed by atoms with Gasteiger partial charge >= 0.3 is 6.03 Å². The van der Waals surface area contributed by atoms with E-state index in [0.29, 0.717) is 18.7 Å². The number of likely N-dealkylation sites (tertiary alicyclic amines) is 1. The van der Waals surface area contributed by atoms with Gasteiger partial charge in [-0.05, 0) is 12.1 Å². The second kappa shape index (κ2) is 3.49. The van der Waals surface area contributed by atoms with Crippen LogP contribution in [0.2, 0.25) is 0 Å². The van der Waals surface area contributed by atoms with E-state index in [0.717, 1.165) is 0 Å². The zero-order chi connectivity index (χ0) is 9.97. The average Bonchev–Trinajstić information content (AvgIpc) is 2.17. The van der Waals surface area contributed by atoms with E-state index in [9.17, 15) is 9.59 Å². The third-order valence-electron chi connectivity index (χ3n) is 2.12. The van der Waals surface area contributed by atoms with Gasteiger partial charge in [-0.25, -0.2) is 4.79 Å². The number of anilines is 1. The van der Waals surface area contributed by atoms with Crippen molar-refractivity contribution in [3.8, 4) is 0 Å². The summed E-state index contributed by atoms with van der Waals surface area (Å²) in [6.45, 7) is 0.525. The predicted octanol–water partition coefficient (Wildman–Crippen LogP) is 1.45. The molecule has 0 radical (unpaired) electrons. The number of carbonyl (C=O) groups excluding carboxylic acids is 2. The number of hydrogen-bond donors (Lipinski definition) is 1. The molecular formula is C10H10N2O2. The quantitative estimate of drug-likeness (QED) is 0.681. The average molecular weight is 190 g/mol. The second-order valence-corrected chi connectivity index (χ2v) is 3.09. The molecule has 0 atom stereocenters. The summed E-state index contributed by atoms with van der Waals surface area (Å²) in [5.74, 6) is -0.113. The molecule has 1 saturated heterocycles. The van der Waals surface area contributed by atoms with E-state index in [2.05, 4.69) is 5.32 Å². The molecule has 0 unspecified atom stereocenters. The number of carbonyl (C=O) groups is 2. The maximum absolute atomic E-state index is 11.4. The first kappa shape index (κ1) is 8.74. The second-order valence-electron chi connectivity index (χ2n) is 3.09. The first-order valence-corrected chi connectivity index (χ1v) is 4.44. The molecule has 3 amide bonds. The number of urea groups is 1. The number of nitrogens with one attached hydrogen (secondary N) is 1. The molecule has 14 heavy (non-hydrogen) atoms. The minimum atomic E-state index is -0.340. The molecule has 72 valence electrons. The standard InChI is InChI=1S/C10H10N2O2/c13-9-6-7-12(9)10(14)11-8-4-2-1-3-5-8/h1-5H,6-7H2,(H,11,14). The molecule has 0 aromatic heterocycles. The third-order valence-corrected chi connectivity index (χ3v) is 2.12. The Kier molecular flexibility index (Phi) is 2.18. The maximum atomic E-state index is 11.4. The minimum absolute atomic E-state index is 0.113. The van der Waals surface area contributed by atoms with E-state index >= 15 is 0 Å². The van der Waals surface area contributed by atoms with Gasteiger partial charge in [0.2, 0.25) is 5.91 Å². The summed E-state index contributed by atoms with van der Waals surface area (Å²) in [4.78, 5) is 23.5. The Hall–Kier alpha value is -1.84. The summed E-state index contributed by atoms with van der Waals surface area (Å²) >= 11 is 0. The third kappa shape index (κ3) is 1.59. The van der Waals surface area contributed by atoms with Gasteiger partial charge in [0.15, 0.2) is 0 Å². The van der Waals surface area contributed by atoms with Crippen molar-refractivity contribution in [2.45, 2.75) is 6.42 Å². The number of β-lactam (4-membered cyclic amide) rings is 1. The van der Waals surface area contributed by atoms with Crippen molar-refractivity contribution in [1.29, 1.82) is 0 Å². The van der Waals surface area contributed by atoms with Crippen molar-refractivity contribution in [3.63, 3.8) is 0 Å². The van der Waals surface area contributed by atoms with Crippen molar-refractivity contribution in [1.82, 2.24) is 4.90 Å². The normalized spacial score (nSPS) is 14.9. The molecule has 0 saturated carbocycles. The van der Waals surface area contributed by atoms with E-state index in [-0.39, 0.29) is 11.9 Å². The molecule has 1 aromatic rings. The maximum Gasteiger partial charge on any atom is 0.328 e. The molecule has 4 heteroatoms. The van der Waals surface area contributed by atoms with Gasteiger partial charge in [0.05, 0.1) is 0 Å². The highest BCUT2D eigenvalue weighted by molar-refractivity contribution is 6.04. The number of benzene rings is 1. The van der Waals surface area contributed by atoms with E-state index in [1.807, 2.05) is 18.2 Å². The summed E-state index contributed by atoms with van der Waals surface area (Å²) in [5, 5.41) is 2.64. The minimum Gasteiger partial charge on any atom is -0.307 e. The van der Waals surface area contributed by atoms with Crippen LogP contribution in [0.4, 0.5) is 10.5 Å². The predicted molar refractivity (Wildman–Crippen MR) is 51.8 cm³/mol. The van der Waals surface area contributed by atoms with Gasteiger partial charge in [-0.2, -0.15) is 0 Å². The van der Waals surface area contributed by atoms with Crippen molar-refractivity contribution < 1.29 is 9.59 Å². The number of para-hydroxylation sites is 1. The van der Waals surface area contributed by atoms with Crippen LogP contribution >= 0.6 is 0 Å². The first-order valence-electron chi connectivity index (χ1n) is 4.44. The lowest BCUT2D eigenvalue weighted by molar-refractivity contribution is -0.135. The Labute approximate surface area is 81.5 Å². The zero-order valence-electron chi connectivity index (χ0n) is 7.56. The Morgan fingerprint density at radius 1 is 1.29 bits per heavy atom. The summed E-state index contributed by atoms with van der Waals surface area (Å²) < 4.78 is 0. The fourth-order valence-electron chi connectivity index (χ4n) is 1.24. The Balaban J connectivity index is 1.98. The van der Waals surface area contributed by atoms with Crippen molar-refractivity contribution in [3.05, 3.63) is 30.3 Å². The van der Waals surface area contributed by atoms with E-state index in [4.69, 9.17) is 0 Å². The molecule has 4 nitrogen and oxygen atoms in total. The van der Waals surface area contributed by atoms with Gasteiger partial charge in [-0.15, -0.1) is 0 Å². The highest BCUT2D eigenvalue weighted by Crippen LogP contribution is 2.12. The van der Waals surface area contributed by atoms with E-state index in [1.54, 1.807) is 12.1 Å². The van der Waals surface area contributed by atoms with Crippen LogP contribution in [0.25, 0.3) is 0 Å². The number of hydrogen-bond acceptors (Lipinski definition) is 2. The van der Waals surface area contributed by atoms with Crippen LogP contribution in [-0.4, -0.2) is 23.4 Å². The van der Waals surface area contributed by atoms with Gasteiger partial charge in [-0.1, -0.05) is 18.2 Å². The van der Waals surface area contributed by atoms with Gasteiger partial charge in [-0.3, -0.25) is 9.69 Å². The lowest BCUT2D eigenvalue weighted by Gasteiger charge is -2.28. The van der Waals surface area contributed by atoms with E-state index < -0.39 is 0 Å². The molecule has 1 aliphatic heterocycles. The largest absolute Gasteiger partial charge is 0.328 e. The van der Waals surface area contributed by atoms with Gasteiger partial charge in [0.25, 0.3) is 0 Å². The van der Waals surface area contributed by atoms with Crippen molar-refractivity contribution in [2.24, 2.45) is 0 Å². The molecule has 1 aromatic carbocycles. The summed E-state index contributed by atoms with van der Waals surface area (Å²) in [6, 6.07) is 8.74. The lowest BCUT2D eigenvalue weighted by Crippen LogP contribution is -2.49. The van der Waals surface area contributed by atoms with Crippen LogP contribution in [0.15, 0.2) is 30.3 Å². The topological polar surface area (TPSA) is 49.4 Å². The fourth-order valence-corrected chi connectivity index (χ4v) is 1.24. The molecule has 0 spiro atoms. The number of rotatable bonds is 1. The highest BCUT2D eigenvalue weighted by atomic mass is 16.2. The molecule has 1 fully saturated rings. The molecule has 1 N–H and O–H groups in total.